The molecule has 0 aliphatic carbocycles. The molecule has 0 saturated carbocycles. The van der Waals surface area contributed by atoms with Crippen molar-refractivity contribution in [3.8, 4) is 0 Å². The average molecular weight is 291 g/mol. The predicted octanol–water partition coefficient (Wildman–Crippen LogP) is 1.18. The number of hydrogen-bond acceptors (Lipinski definition) is 5. The van der Waals surface area contributed by atoms with Gasteiger partial charge in [-0.05, 0) is 18.8 Å². The van der Waals surface area contributed by atoms with E-state index in [4.69, 9.17) is 9.47 Å². The van der Waals surface area contributed by atoms with E-state index < -0.39 is 6.10 Å². The monoisotopic (exact) mass is 291 g/mol. The van der Waals surface area contributed by atoms with Crippen molar-refractivity contribution in [2.24, 2.45) is 5.92 Å². The van der Waals surface area contributed by atoms with E-state index >= 15 is 0 Å². The maximum atomic E-state index is 9.67. The maximum Gasteiger partial charge on any atom is 0.0897 e. The van der Waals surface area contributed by atoms with Crippen molar-refractivity contribution >= 4 is 0 Å². The van der Waals surface area contributed by atoms with E-state index in [2.05, 4.69) is 26.1 Å². The molecule has 0 saturated heterocycles. The van der Waals surface area contributed by atoms with E-state index in [9.17, 15) is 10.2 Å². The molecular formula is C15H33NO4. The lowest BCUT2D eigenvalue weighted by atomic mass is 10.1. The fourth-order valence-electron chi connectivity index (χ4n) is 1.79. The molecule has 0 aromatic heterocycles. The van der Waals surface area contributed by atoms with Crippen molar-refractivity contribution < 1.29 is 19.7 Å². The number of ether oxygens (including phenoxy) is 2. The molecule has 20 heavy (non-hydrogen) atoms. The fraction of sp³-hybridized carbons (Fsp3) is 1.00. The number of nitrogens with one attached hydrogen (secondary N) is 1. The van der Waals surface area contributed by atoms with Crippen molar-refractivity contribution in [3.63, 3.8) is 0 Å². The molecule has 5 nitrogen and oxygen atoms in total. The van der Waals surface area contributed by atoms with Gasteiger partial charge in [0.2, 0.25) is 0 Å². The van der Waals surface area contributed by atoms with Gasteiger partial charge in [0.1, 0.15) is 0 Å². The highest BCUT2D eigenvalue weighted by atomic mass is 16.5. The van der Waals surface area contributed by atoms with Crippen molar-refractivity contribution in [1.29, 1.82) is 0 Å². The van der Waals surface area contributed by atoms with E-state index in [0.29, 0.717) is 38.8 Å². The standard InChI is InChI=1S/C15H33NO4/c1-4-5-6-19-7-8-20-12-15(18)11-16-10-14(17)9-13(2)3/h13-18H,4-12H2,1-3H3. The summed E-state index contributed by atoms with van der Waals surface area (Å²) >= 11 is 0. The van der Waals surface area contributed by atoms with Crippen LogP contribution in [0.4, 0.5) is 0 Å². The fourth-order valence-corrected chi connectivity index (χ4v) is 1.79. The molecule has 0 aromatic carbocycles. The molecule has 0 heterocycles. The van der Waals surface area contributed by atoms with Crippen molar-refractivity contribution in [2.45, 2.75) is 52.2 Å². The number of aliphatic hydroxyl groups excluding tert-OH is 2. The van der Waals surface area contributed by atoms with Crippen LogP contribution in [-0.2, 0) is 9.47 Å². The summed E-state index contributed by atoms with van der Waals surface area (Å²) in [6.45, 7) is 9.39. The molecule has 0 bridgehead atoms. The normalized spacial score (nSPS) is 14.7. The minimum Gasteiger partial charge on any atom is -0.392 e. The quantitative estimate of drug-likeness (QED) is 0.419. The molecule has 5 heteroatoms. The first kappa shape index (κ1) is 19.8. The topological polar surface area (TPSA) is 71.0 Å². The SMILES string of the molecule is CCCCOCCOCC(O)CNCC(O)CC(C)C. The van der Waals surface area contributed by atoms with Gasteiger partial charge in [-0.2, -0.15) is 0 Å². The van der Waals surface area contributed by atoms with Crippen LogP contribution in [-0.4, -0.2) is 61.9 Å². The van der Waals surface area contributed by atoms with Crippen molar-refractivity contribution in [3.05, 3.63) is 0 Å². The second-order valence-corrected chi connectivity index (χ2v) is 5.64. The Morgan fingerprint density at radius 1 is 0.950 bits per heavy atom. The van der Waals surface area contributed by atoms with E-state index in [1.54, 1.807) is 0 Å². The zero-order valence-electron chi connectivity index (χ0n) is 13.3. The zero-order chi connectivity index (χ0) is 15.2. The molecule has 2 unspecified atom stereocenters. The average Bonchev–Trinajstić information content (AvgIpc) is 2.36. The first-order valence-electron chi connectivity index (χ1n) is 7.78. The van der Waals surface area contributed by atoms with Crippen LogP contribution in [0.15, 0.2) is 0 Å². The third-order valence-corrected chi connectivity index (χ3v) is 2.83. The summed E-state index contributed by atoms with van der Waals surface area (Å²) in [6.07, 6.45) is 2.08. The molecule has 0 radical (unpaired) electrons. The first-order chi connectivity index (χ1) is 9.56. The Hall–Kier alpha value is -0.200. The van der Waals surface area contributed by atoms with Gasteiger partial charge in [0.25, 0.3) is 0 Å². The van der Waals surface area contributed by atoms with Crippen LogP contribution in [0.2, 0.25) is 0 Å². The summed E-state index contributed by atoms with van der Waals surface area (Å²) in [4.78, 5) is 0. The van der Waals surface area contributed by atoms with Crippen LogP contribution in [0.1, 0.15) is 40.0 Å². The summed E-state index contributed by atoms with van der Waals surface area (Å²) in [5.74, 6) is 0.479. The van der Waals surface area contributed by atoms with Gasteiger partial charge in [-0.1, -0.05) is 27.2 Å². The molecule has 0 aromatic rings. The second kappa shape index (κ2) is 13.8. The molecule has 2 atom stereocenters. The van der Waals surface area contributed by atoms with Gasteiger partial charge in [0, 0.05) is 19.7 Å². The molecule has 0 rings (SSSR count). The van der Waals surface area contributed by atoms with Gasteiger partial charge in [-0.25, -0.2) is 0 Å². The highest BCUT2D eigenvalue weighted by Crippen LogP contribution is 2.03. The summed E-state index contributed by atoms with van der Waals surface area (Å²) < 4.78 is 10.7. The zero-order valence-corrected chi connectivity index (χ0v) is 13.3. The lowest BCUT2D eigenvalue weighted by molar-refractivity contribution is 0.00306. The van der Waals surface area contributed by atoms with E-state index in [1.165, 1.54) is 0 Å². The van der Waals surface area contributed by atoms with Gasteiger partial charge in [-0.15, -0.1) is 0 Å². The van der Waals surface area contributed by atoms with E-state index in [1.807, 2.05) is 0 Å². The smallest absolute Gasteiger partial charge is 0.0897 e. The third kappa shape index (κ3) is 14.2. The number of hydrogen-bond donors (Lipinski definition) is 3. The molecule has 0 fully saturated rings. The Morgan fingerprint density at radius 3 is 2.25 bits per heavy atom. The van der Waals surface area contributed by atoms with Crippen LogP contribution in [0.5, 0.6) is 0 Å². The van der Waals surface area contributed by atoms with Crippen molar-refractivity contribution in [1.82, 2.24) is 5.32 Å². The molecule has 0 amide bonds. The summed E-state index contributed by atoms with van der Waals surface area (Å²) in [7, 11) is 0. The Balaban J connectivity index is 3.30. The Labute approximate surface area is 123 Å². The molecule has 0 aliphatic heterocycles. The van der Waals surface area contributed by atoms with Gasteiger partial charge < -0.3 is 25.0 Å². The largest absolute Gasteiger partial charge is 0.392 e. The van der Waals surface area contributed by atoms with Gasteiger partial charge in [0.05, 0.1) is 32.0 Å². The van der Waals surface area contributed by atoms with Crippen LogP contribution in [0.25, 0.3) is 0 Å². The lowest BCUT2D eigenvalue weighted by Crippen LogP contribution is -2.35. The Bertz CT molecular complexity index is 202. The highest BCUT2D eigenvalue weighted by molar-refractivity contribution is 4.64. The number of rotatable bonds is 14. The van der Waals surface area contributed by atoms with E-state index in [0.717, 1.165) is 25.9 Å². The number of aliphatic hydroxyl groups is 2. The van der Waals surface area contributed by atoms with Crippen LogP contribution >= 0.6 is 0 Å². The van der Waals surface area contributed by atoms with Crippen LogP contribution in [0.3, 0.4) is 0 Å². The Morgan fingerprint density at radius 2 is 1.60 bits per heavy atom. The molecule has 0 aliphatic rings. The molecule has 122 valence electrons. The Kier molecular flexibility index (Phi) is 13.6. The lowest BCUT2D eigenvalue weighted by Gasteiger charge is -2.16. The minimum atomic E-state index is -0.545. The molecule has 3 N–H and O–H groups in total. The second-order valence-electron chi connectivity index (χ2n) is 5.64. The summed E-state index contributed by atoms with van der Waals surface area (Å²) in [6, 6.07) is 0. The third-order valence-electron chi connectivity index (χ3n) is 2.83. The van der Waals surface area contributed by atoms with Gasteiger partial charge in [0.15, 0.2) is 0 Å². The summed E-state index contributed by atoms with van der Waals surface area (Å²) in [5.41, 5.74) is 0. The molecular weight excluding hydrogens is 258 g/mol. The maximum absolute atomic E-state index is 9.67. The first-order valence-corrected chi connectivity index (χ1v) is 7.78. The van der Waals surface area contributed by atoms with E-state index in [-0.39, 0.29) is 6.10 Å². The van der Waals surface area contributed by atoms with Crippen LogP contribution < -0.4 is 5.32 Å². The predicted molar refractivity (Wildman–Crippen MR) is 80.9 cm³/mol. The summed E-state index contributed by atoms with van der Waals surface area (Å²) in [5, 5.41) is 22.4. The number of unbranched alkanes of at least 4 members (excludes halogenated alkanes) is 1. The highest BCUT2D eigenvalue weighted by Gasteiger charge is 2.08. The van der Waals surface area contributed by atoms with Crippen LogP contribution in [0, 0.1) is 5.92 Å². The van der Waals surface area contributed by atoms with Gasteiger partial charge in [-0.3, -0.25) is 0 Å². The van der Waals surface area contributed by atoms with Crippen molar-refractivity contribution in [2.75, 3.05) is 39.5 Å². The van der Waals surface area contributed by atoms with Gasteiger partial charge >= 0.3 is 0 Å². The molecule has 0 spiro atoms. The minimum absolute atomic E-state index is 0.296.